The molecule has 1 aliphatic heterocycles. The van der Waals surface area contributed by atoms with Crippen LogP contribution in [-0.4, -0.2) is 50.8 Å². The van der Waals surface area contributed by atoms with Crippen molar-refractivity contribution in [2.45, 2.75) is 26.2 Å². The van der Waals surface area contributed by atoms with Crippen molar-refractivity contribution in [3.8, 4) is 23.1 Å². The summed E-state index contributed by atoms with van der Waals surface area (Å²) in [4.78, 5) is 18.8. The largest absolute Gasteiger partial charge is 0.493 e. The monoisotopic (exact) mass is 415 g/mol. The predicted octanol–water partition coefficient (Wildman–Crippen LogP) is 3.57. The number of fused-ring (bicyclic) bond motifs is 1. The fourth-order valence-electron chi connectivity index (χ4n) is 4.07. The topological polar surface area (TPSA) is 84.2 Å². The number of piperidine rings is 1. The third-order valence-electron chi connectivity index (χ3n) is 5.87. The molecule has 31 heavy (non-hydrogen) atoms. The standard InChI is InChI=1S/C23H25N7O/c1-16-12-18(21-22-23(29(3)15-26-22)28-20(13-24)27-21)4-5-19(16)31-11-8-17-6-9-30(10-7-17)14-25-2/h4-5,12,15,17H,6-11,14H2,1,3H3. The van der Waals surface area contributed by atoms with Crippen molar-refractivity contribution in [1.29, 1.82) is 5.26 Å². The van der Waals surface area contributed by atoms with Crippen LogP contribution in [-0.2, 0) is 7.05 Å². The maximum absolute atomic E-state index is 9.30. The summed E-state index contributed by atoms with van der Waals surface area (Å²) in [7, 11) is 1.85. The third-order valence-corrected chi connectivity index (χ3v) is 5.87. The van der Waals surface area contributed by atoms with Crippen LogP contribution >= 0.6 is 0 Å². The lowest BCUT2D eigenvalue weighted by molar-refractivity contribution is 0.174. The Morgan fingerprint density at radius 1 is 1.29 bits per heavy atom. The van der Waals surface area contributed by atoms with Crippen LogP contribution in [0.3, 0.4) is 0 Å². The lowest BCUT2D eigenvalue weighted by atomic mass is 9.94. The van der Waals surface area contributed by atoms with E-state index in [0.717, 1.165) is 49.2 Å². The highest BCUT2D eigenvalue weighted by Gasteiger charge is 2.20. The number of hydrogen-bond donors (Lipinski definition) is 0. The Balaban J connectivity index is 1.43. The first-order chi connectivity index (χ1) is 15.1. The Kier molecular flexibility index (Phi) is 6.11. The molecule has 0 bridgehead atoms. The molecule has 2 aromatic heterocycles. The zero-order valence-corrected chi connectivity index (χ0v) is 17.9. The van der Waals surface area contributed by atoms with E-state index in [1.807, 2.05) is 38.2 Å². The molecule has 0 atom stereocenters. The Labute approximate surface area is 181 Å². The smallest absolute Gasteiger partial charge is 0.270 e. The summed E-state index contributed by atoms with van der Waals surface area (Å²) >= 11 is 0. The minimum atomic E-state index is 0.131. The maximum Gasteiger partial charge on any atom is 0.270 e. The van der Waals surface area contributed by atoms with Gasteiger partial charge in [0, 0.05) is 25.7 Å². The molecular formula is C23H25N7O. The molecule has 0 saturated carbocycles. The first-order valence-corrected chi connectivity index (χ1v) is 10.5. The zero-order chi connectivity index (χ0) is 21.8. The molecule has 1 saturated heterocycles. The Hall–Kier alpha value is -3.49. The summed E-state index contributed by atoms with van der Waals surface area (Å²) < 4.78 is 7.86. The number of likely N-dealkylation sites (tertiary alicyclic amines) is 1. The van der Waals surface area contributed by atoms with E-state index in [0.29, 0.717) is 36.1 Å². The fraction of sp³-hybridized carbons (Fsp3) is 0.435. The summed E-state index contributed by atoms with van der Waals surface area (Å²) in [5.74, 6) is 1.65. The molecule has 1 fully saturated rings. The number of aromatic nitrogens is 4. The van der Waals surface area contributed by atoms with Gasteiger partial charge in [-0.15, -0.1) is 0 Å². The lowest BCUT2D eigenvalue weighted by Gasteiger charge is -2.28. The summed E-state index contributed by atoms with van der Waals surface area (Å²) in [6, 6.07) is 7.98. The first kappa shape index (κ1) is 20.8. The van der Waals surface area contributed by atoms with Gasteiger partial charge >= 0.3 is 0 Å². The van der Waals surface area contributed by atoms with Gasteiger partial charge in [0.2, 0.25) is 5.82 Å². The number of nitriles is 1. The molecule has 0 radical (unpaired) electrons. The molecule has 0 amide bonds. The number of nitrogens with zero attached hydrogens (tertiary/aromatic N) is 7. The van der Waals surface area contributed by atoms with Gasteiger partial charge in [-0.3, -0.25) is 4.85 Å². The van der Waals surface area contributed by atoms with Crippen molar-refractivity contribution in [2.75, 3.05) is 26.4 Å². The number of imidazole rings is 1. The summed E-state index contributed by atoms with van der Waals surface area (Å²) in [5, 5.41) is 9.30. The van der Waals surface area contributed by atoms with Crippen molar-refractivity contribution in [3.63, 3.8) is 0 Å². The Bertz CT molecular complexity index is 1160. The highest BCUT2D eigenvalue weighted by molar-refractivity contribution is 5.87. The molecule has 158 valence electrons. The second-order valence-electron chi connectivity index (χ2n) is 8.01. The molecule has 1 aromatic carbocycles. The minimum absolute atomic E-state index is 0.131. The molecule has 4 rings (SSSR count). The fourth-order valence-corrected chi connectivity index (χ4v) is 4.07. The molecule has 0 aliphatic carbocycles. The molecule has 0 spiro atoms. The minimum Gasteiger partial charge on any atom is -0.493 e. The van der Waals surface area contributed by atoms with Gasteiger partial charge in [0.1, 0.15) is 23.0 Å². The van der Waals surface area contributed by atoms with Crippen molar-refractivity contribution in [3.05, 3.63) is 47.3 Å². The van der Waals surface area contributed by atoms with Gasteiger partial charge in [0.15, 0.2) is 5.65 Å². The van der Waals surface area contributed by atoms with E-state index in [1.165, 1.54) is 0 Å². The summed E-state index contributed by atoms with van der Waals surface area (Å²) in [6.07, 6.45) is 4.97. The number of rotatable bonds is 6. The first-order valence-electron chi connectivity index (χ1n) is 10.5. The van der Waals surface area contributed by atoms with E-state index in [-0.39, 0.29) is 5.82 Å². The average Bonchev–Trinajstić information content (AvgIpc) is 3.16. The van der Waals surface area contributed by atoms with Gasteiger partial charge in [0.25, 0.3) is 6.67 Å². The molecule has 1 aliphatic rings. The van der Waals surface area contributed by atoms with Crippen LogP contribution in [0.5, 0.6) is 5.75 Å². The normalized spacial score (nSPS) is 15.0. The van der Waals surface area contributed by atoms with Crippen LogP contribution in [0.4, 0.5) is 0 Å². The van der Waals surface area contributed by atoms with E-state index in [4.69, 9.17) is 11.3 Å². The molecule has 8 nitrogen and oxygen atoms in total. The second-order valence-corrected chi connectivity index (χ2v) is 8.01. The van der Waals surface area contributed by atoms with Crippen molar-refractivity contribution >= 4 is 11.2 Å². The number of hydrogen-bond acceptors (Lipinski definition) is 6. The SMILES string of the molecule is [C-]#[N+]CN1CCC(CCOc2ccc(-c3nc(C#N)nc4c3ncn4C)cc2C)CC1. The van der Waals surface area contributed by atoms with Crippen LogP contribution in [0.2, 0.25) is 0 Å². The van der Waals surface area contributed by atoms with Gasteiger partial charge in [0.05, 0.1) is 12.9 Å². The third kappa shape index (κ3) is 4.50. The number of aryl methyl sites for hydroxylation is 2. The molecule has 0 unspecified atom stereocenters. The Morgan fingerprint density at radius 2 is 2.10 bits per heavy atom. The molecule has 3 aromatic rings. The van der Waals surface area contributed by atoms with Gasteiger partial charge in [-0.05, 0) is 55.9 Å². The van der Waals surface area contributed by atoms with Gasteiger partial charge in [-0.2, -0.15) is 10.2 Å². The molecule has 3 heterocycles. The summed E-state index contributed by atoms with van der Waals surface area (Å²) in [6.45, 7) is 12.2. The molecule has 8 heteroatoms. The Morgan fingerprint density at radius 3 is 2.81 bits per heavy atom. The second kappa shape index (κ2) is 9.11. The van der Waals surface area contributed by atoms with Crippen molar-refractivity contribution < 1.29 is 4.74 Å². The number of ether oxygens (including phenoxy) is 1. The van der Waals surface area contributed by atoms with E-state index in [2.05, 4.69) is 24.7 Å². The highest BCUT2D eigenvalue weighted by Crippen LogP contribution is 2.29. The van der Waals surface area contributed by atoms with Crippen LogP contribution in [0.25, 0.3) is 27.3 Å². The maximum atomic E-state index is 9.30. The van der Waals surface area contributed by atoms with Crippen LogP contribution in [0, 0.1) is 30.7 Å². The predicted molar refractivity (Wildman–Crippen MR) is 117 cm³/mol. The average molecular weight is 416 g/mol. The van der Waals surface area contributed by atoms with Crippen LogP contribution < -0.4 is 4.74 Å². The van der Waals surface area contributed by atoms with Crippen molar-refractivity contribution in [1.82, 2.24) is 24.4 Å². The van der Waals surface area contributed by atoms with Gasteiger partial charge < -0.3 is 9.30 Å². The molecular weight excluding hydrogens is 390 g/mol. The zero-order valence-electron chi connectivity index (χ0n) is 17.9. The van der Waals surface area contributed by atoms with Crippen molar-refractivity contribution in [2.24, 2.45) is 13.0 Å². The van der Waals surface area contributed by atoms with Crippen LogP contribution in [0.1, 0.15) is 30.7 Å². The van der Waals surface area contributed by atoms with Crippen LogP contribution in [0.15, 0.2) is 24.5 Å². The summed E-state index contributed by atoms with van der Waals surface area (Å²) in [5.41, 5.74) is 3.88. The molecule has 0 N–H and O–H groups in total. The quantitative estimate of drug-likeness (QED) is 0.572. The van der Waals surface area contributed by atoms with E-state index >= 15 is 0 Å². The number of benzene rings is 1. The van der Waals surface area contributed by atoms with E-state index in [1.54, 1.807) is 10.9 Å². The van der Waals surface area contributed by atoms with E-state index < -0.39 is 0 Å². The highest BCUT2D eigenvalue weighted by atomic mass is 16.5. The van der Waals surface area contributed by atoms with E-state index in [9.17, 15) is 5.26 Å². The van der Waals surface area contributed by atoms with Gasteiger partial charge in [-0.25, -0.2) is 21.4 Å². The van der Waals surface area contributed by atoms with Gasteiger partial charge in [-0.1, -0.05) is 0 Å². The lowest BCUT2D eigenvalue weighted by Crippen LogP contribution is -2.33.